The minimum atomic E-state index is -3.77. The highest BCUT2D eigenvalue weighted by molar-refractivity contribution is 7.86. The molecule has 2 N–H and O–H groups in total. The number of halogens is 1. The average Bonchev–Trinajstić information content (AvgIpc) is 3.03. The second-order valence-corrected chi connectivity index (χ2v) is 7.78. The summed E-state index contributed by atoms with van der Waals surface area (Å²) in [5, 5.41) is 5.13. The zero-order valence-electron chi connectivity index (χ0n) is 15.2. The molecule has 148 valence electrons. The molecule has 29 heavy (non-hydrogen) atoms. The van der Waals surface area contributed by atoms with E-state index < -0.39 is 10.1 Å². The van der Waals surface area contributed by atoms with Crippen LogP contribution in [0.2, 0.25) is 0 Å². The molecule has 11 heteroatoms. The second kappa shape index (κ2) is 7.09. The Kier molecular flexibility index (Phi) is 4.59. The zero-order chi connectivity index (χ0) is 20.6. The molecular formula is C18H15FN6O3S. The summed E-state index contributed by atoms with van der Waals surface area (Å²) in [6.45, 7) is 0.158. The quantitative estimate of drug-likeness (QED) is 0.492. The van der Waals surface area contributed by atoms with Crippen LogP contribution in [-0.2, 0) is 16.7 Å². The highest BCUT2D eigenvalue weighted by Gasteiger charge is 2.19. The van der Waals surface area contributed by atoms with Gasteiger partial charge < -0.3 is 9.92 Å². The Morgan fingerprint density at radius 3 is 2.69 bits per heavy atom. The van der Waals surface area contributed by atoms with Gasteiger partial charge >= 0.3 is 10.1 Å². The Hall–Kier alpha value is -3.60. The predicted molar refractivity (Wildman–Crippen MR) is 104 cm³/mol. The summed E-state index contributed by atoms with van der Waals surface area (Å²) in [5.41, 5.74) is 7.17. The van der Waals surface area contributed by atoms with Crippen molar-refractivity contribution in [1.29, 1.82) is 0 Å². The Labute approximate surface area is 165 Å². The summed E-state index contributed by atoms with van der Waals surface area (Å²) in [5.74, 6) is -0.518. The summed E-state index contributed by atoms with van der Waals surface area (Å²) in [6.07, 6.45) is 3.66. The van der Waals surface area contributed by atoms with Gasteiger partial charge in [-0.25, -0.2) is 24.0 Å². The van der Waals surface area contributed by atoms with Gasteiger partial charge in [0.1, 0.15) is 11.5 Å². The van der Waals surface area contributed by atoms with Gasteiger partial charge in [-0.05, 0) is 18.2 Å². The first kappa shape index (κ1) is 18.7. The van der Waals surface area contributed by atoms with Gasteiger partial charge in [-0.3, -0.25) is 0 Å². The maximum Gasteiger partial charge on any atom is 0.306 e. The molecule has 0 saturated heterocycles. The van der Waals surface area contributed by atoms with Gasteiger partial charge in [0.25, 0.3) is 0 Å². The van der Waals surface area contributed by atoms with Crippen LogP contribution in [0.4, 0.5) is 10.2 Å². The van der Waals surface area contributed by atoms with Crippen molar-refractivity contribution in [2.24, 2.45) is 0 Å². The van der Waals surface area contributed by atoms with E-state index >= 15 is 0 Å². The fraction of sp³-hybridized carbons (Fsp3) is 0.111. The van der Waals surface area contributed by atoms with E-state index in [2.05, 4.69) is 20.1 Å². The lowest BCUT2D eigenvalue weighted by molar-refractivity contribution is 0.492. The third-order valence-corrected chi connectivity index (χ3v) is 4.50. The molecule has 1 aromatic carbocycles. The van der Waals surface area contributed by atoms with E-state index in [0.717, 1.165) is 12.5 Å². The van der Waals surface area contributed by atoms with Crippen molar-refractivity contribution < 1.29 is 17.0 Å². The lowest BCUT2D eigenvalue weighted by Crippen LogP contribution is -2.09. The zero-order valence-corrected chi connectivity index (χ0v) is 16.0. The van der Waals surface area contributed by atoms with Crippen LogP contribution in [0.25, 0.3) is 22.6 Å². The van der Waals surface area contributed by atoms with Crippen LogP contribution in [0, 0.1) is 5.82 Å². The monoisotopic (exact) mass is 414 g/mol. The molecule has 0 aliphatic carbocycles. The Morgan fingerprint density at radius 1 is 1.17 bits per heavy atom. The first-order chi connectivity index (χ1) is 13.8. The number of anilines is 1. The smallest absolute Gasteiger partial charge is 0.306 e. The fourth-order valence-corrected chi connectivity index (χ4v) is 3.25. The van der Waals surface area contributed by atoms with Gasteiger partial charge in [0, 0.05) is 11.8 Å². The summed E-state index contributed by atoms with van der Waals surface area (Å²) in [6, 6.07) is 9.90. The number of hydrogen-bond donors (Lipinski definition) is 1. The predicted octanol–water partition coefficient (Wildman–Crippen LogP) is 2.00. The minimum Gasteiger partial charge on any atom is -0.380 e. The Bertz CT molecular complexity index is 1320. The minimum absolute atomic E-state index is 0.152. The van der Waals surface area contributed by atoms with Crippen molar-refractivity contribution in [3.63, 3.8) is 0 Å². The average molecular weight is 414 g/mol. The number of nitrogens with zero attached hydrogens (tertiary/aromatic N) is 5. The lowest BCUT2D eigenvalue weighted by atomic mass is 10.2. The second-order valence-electron chi connectivity index (χ2n) is 6.20. The Morgan fingerprint density at radius 2 is 1.97 bits per heavy atom. The SMILES string of the molecule is CS(=O)(=O)Oc1cnc(-c2nn(Cc3ccccc3F)c3ncccc23)nc1N. The van der Waals surface area contributed by atoms with Crippen LogP contribution in [-0.4, -0.2) is 39.4 Å². The highest BCUT2D eigenvalue weighted by atomic mass is 32.2. The standard InChI is InChI=1S/C18H15FN6O3S/c1-29(26,27)28-14-9-22-17(23-16(14)20)15-12-6-4-8-21-18(12)25(24-15)10-11-5-2-3-7-13(11)19/h2-9H,10H2,1H3,(H2,20,22,23). The number of aromatic nitrogens is 5. The van der Waals surface area contributed by atoms with Crippen molar-refractivity contribution in [1.82, 2.24) is 24.7 Å². The lowest BCUT2D eigenvalue weighted by Gasteiger charge is -2.06. The molecule has 0 unspecified atom stereocenters. The molecule has 0 aliphatic rings. The van der Waals surface area contributed by atoms with Gasteiger partial charge in [0.05, 0.1) is 24.4 Å². The van der Waals surface area contributed by atoms with Crippen LogP contribution < -0.4 is 9.92 Å². The molecule has 0 spiro atoms. The third kappa shape index (κ3) is 3.85. The number of hydrogen-bond acceptors (Lipinski definition) is 8. The van der Waals surface area contributed by atoms with Crippen LogP contribution in [0.1, 0.15) is 5.56 Å². The molecule has 3 aromatic heterocycles. The molecule has 0 aliphatic heterocycles. The fourth-order valence-electron chi connectivity index (χ4n) is 2.80. The van der Waals surface area contributed by atoms with Gasteiger partial charge in [0.2, 0.25) is 5.75 Å². The number of nitrogens with two attached hydrogens (primary N) is 1. The molecule has 9 nitrogen and oxygen atoms in total. The van der Waals surface area contributed by atoms with Gasteiger partial charge in [0.15, 0.2) is 17.3 Å². The summed E-state index contributed by atoms with van der Waals surface area (Å²) >= 11 is 0. The molecule has 0 bridgehead atoms. The maximum absolute atomic E-state index is 14.1. The van der Waals surface area contributed by atoms with E-state index in [4.69, 9.17) is 9.92 Å². The molecule has 0 amide bonds. The van der Waals surface area contributed by atoms with Crippen molar-refractivity contribution in [2.45, 2.75) is 6.54 Å². The van der Waals surface area contributed by atoms with Crippen molar-refractivity contribution in [3.8, 4) is 17.3 Å². The van der Waals surface area contributed by atoms with Crippen LogP contribution in [0.3, 0.4) is 0 Å². The van der Waals surface area contributed by atoms with Crippen molar-refractivity contribution in [3.05, 3.63) is 60.2 Å². The summed E-state index contributed by atoms with van der Waals surface area (Å²) < 4.78 is 43.0. The maximum atomic E-state index is 14.1. The molecular weight excluding hydrogens is 399 g/mol. The number of benzene rings is 1. The summed E-state index contributed by atoms with van der Waals surface area (Å²) in [7, 11) is -3.77. The third-order valence-electron chi connectivity index (χ3n) is 4.02. The number of pyridine rings is 1. The first-order valence-corrected chi connectivity index (χ1v) is 10.2. The molecule has 0 fully saturated rings. The van der Waals surface area contributed by atoms with E-state index in [1.54, 1.807) is 41.2 Å². The molecule has 4 rings (SSSR count). The number of fused-ring (bicyclic) bond motifs is 1. The van der Waals surface area contributed by atoms with Crippen molar-refractivity contribution >= 4 is 27.0 Å². The van der Waals surface area contributed by atoms with Gasteiger partial charge in [-0.15, -0.1) is 0 Å². The topological polar surface area (TPSA) is 126 Å². The molecule has 0 saturated carbocycles. The van der Waals surface area contributed by atoms with Gasteiger partial charge in [-0.2, -0.15) is 13.5 Å². The van der Waals surface area contributed by atoms with E-state index in [9.17, 15) is 12.8 Å². The molecule has 4 aromatic rings. The normalized spacial score (nSPS) is 11.7. The summed E-state index contributed by atoms with van der Waals surface area (Å²) in [4.78, 5) is 12.6. The van der Waals surface area contributed by atoms with E-state index in [-0.39, 0.29) is 29.8 Å². The highest BCUT2D eigenvalue weighted by Crippen LogP contribution is 2.28. The number of nitrogen functional groups attached to an aromatic ring is 1. The Balaban J connectivity index is 1.79. The van der Waals surface area contributed by atoms with Crippen LogP contribution >= 0.6 is 0 Å². The molecule has 0 atom stereocenters. The van der Waals surface area contributed by atoms with E-state index in [1.807, 2.05) is 0 Å². The van der Waals surface area contributed by atoms with Crippen LogP contribution in [0.5, 0.6) is 5.75 Å². The molecule has 3 heterocycles. The largest absolute Gasteiger partial charge is 0.380 e. The first-order valence-electron chi connectivity index (χ1n) is 8.39. The van der Waals surface area contributed by atoms with Crippen molar-refractivity contribution in [2.75, 3.05) is 12.0 Å². The van der Waals surface area contributed by atoms with E-state index in [0.29, 0.717) is 22.3 Å². The number of rotatable bonds is 5. The van der Waals surface area contributed by atoms with Gasteiger partial charge in [-0.1, -0.05) is 18.2 Å². The van der Waals surface area contributed by atoms with E-state index in [1.165, 1.54) is 6.07 Å². The molecule has 0 radical (unpaired) electrons. The van der Waals surface area contributed by atoms with Crippen LogP contribution in [0.15, 0.2) is 48.8 Å².